The molecule has 3 rings (SSSR count). The zero-order valence-corrected chi connectivity index (χ0v) is 8.34. The van der Waals surface area contributed by atoms with Gasteiger partial charge in [0.2, 0.25) is 0 Å². The highest BCUT2D eigenvalue weighted by molar-refractivity contribution is 7.10. The van der Waals surface area contributed by atoms with Crippen molar-refractivity contribution >= 4 is 17.2 Å². The fourth-order valence-corrected chi connectivity index (χ4v) is 2.74. The van der Waals surface area contributed by atoms with Gasteiger partial charge in [0, 0.05) is 10.4 Å². The quantitative estimate of drug-likeness (QED) is 0.711. The summed E-state index contributed by atoms with van der Waals surface area (Å²) >= 11 is 1.79. The molecule has 2 aromatic heterocycles. The Morgan fingerprint density at radius 1 is 1.29 bits per heavy atom. The Morgan fingerprint density at radius 2 is 2.21 bits per heavy atom. The zero-order chi connectivity index (χ0) is 9.54. The van der Waals surface area contributed by atoms with E-state index in [2.05, 4.69) is 21.6 Å². The first-order chi connectivity index (χ1) is 6.84. The molecule has 2 aromatic rings. The summed E-state index contributed by atoms with van der Waals surface area (Å²) in [4.78, 5) is 1.41. The second-order valence-electron chi connectivity index (χ2n) is 3.40. The van der Waals surface area contributed by atoms with E-state index in [9.17, 15) is 0 Å². The van der Waals surface area contributed by atoms with E-state index in [1.54, 1.807) is 11.3 Å². The van der Waals surface area contributed by atoms with E-state index in [-0.39, 0.29) is 0 Å². The van der Waals surface area contributed by atoms with E-state index >= 15 is 0 Å². The minimum atomic E-state index is 0.516. The summed E-state index contributed by atoms with van der Waals surface area (Å²) in [5, 5.41) is 10.2. The van der Waals surface area contributed by atoms with E-state index in [4.69, 9.17) is 5.73 Å². The third-order valence-electron chi connectivity index (χ3n) is 2.51. The Labute approximate surface area is 85.6 Å². The van der Waals surface area contributed by atoms with Crippen LogP contribution in [0.25, 0.3) is 11.3 Å². The number of nitrogens with zero attached hydrogens (tertiary/aromatic N) is 2. The van der Waals surface area contributed by atoms with E-state index in [0.29, 0.717) is 5.82 Å². The molecule has 0 fully saturated rings. The predicted molar refractivity (Wildman–Crippen MR) is 57.2 cm³/mol. The molecule has 0 amide bonds. The molecule has 0 aliphatic heterocycles. The highest BCUT2D eigenvalue weighted by Gasteiger charge is 2.18. The van der Waals surface area contributed by atoms with Crippen LogP contribution in [0, 0.1) is 0 Å². The molecule has 2 N–H and O–H groups in total. The van der Waals surface area contributed by atoms with Crippen molar-refractivity contribution in [2.24, 2.45) is 0 Å². The maximum atomic E-state index is 5.61. The van der Waals surface area contributed by atoms with Crippen LogP contribution < -0.4 is 5.73 Å². The minimum absolute atomic E-state index is 0.516. The van der Waals surface area contributed by atoms with Gasteiger partial charge >= 0.3 is 0 Å². The van der Waals surface area contributed by atoms with Crippen molar-refractivity contribution in [3.05, 3.63) is 28.0 Å². The first kappa shape index (κ1) is 7.94. The number of rotatable bonds is 0. The van der Waals surface area contributed by atoms with Gasteiger partial charge in [0.25, 0.3) is 0 Å². The zero-order valence-electron chi connectivity index (χ0n) is 7.53. The molecular formula is C10H9N3S. The number of aryl methyl sites for hydroxylation is 2. The van der Waals surface area contributed by atoms with Gasteiger partial charge in [0.15, 0.2) is 0 Å². The summed E-state index contributed by atoms with van der Waals surface area (Å²) in [6, 6.07) is 4.05. The smallest absolute Gasteiger partial charge is 0.146 e. The molecule has 2 heterocycles. The van der Waals surface area contributed by atoms with Crippen LogP contribution in [0.4, 0.5) is 5.82 Å². The lowest BCUT2D eigenvalue weighted by molar-refractivity contribution is 0.916. The van der Waals surface area contributed by atoms with Crippen LogP contribution in [0.3, 0.4) is 0 Å². The number of fused-ring (bicyclic) bond motifs is 3. The van der Waals surface area contributed by atoms with Gasteiger partial charge in [-0.2, -0.15) is 0 Å². The average molecular weight is 203 g/mol. The standard InChI is InChI=1S/C10H9N3S/c11-9-5-6-1-2-8-7(3-4-14-8)10(6)13-12-9/h3-5H,1-2H2,(H2,11,12). The van der Waals surface area contributed by atoms with E-state index < -0.39 is 0 Å². The Morgan fingerprint density at radius 3 is 3.14 bits per heavy atom. The molecule has 0 spiro atoms. The second-order valence-corrected chi connectivity index (χ2v) is 4.40. The van der Waals surface area contributed by atoms with Gasteiger partial charge in [-0.05, 0) is 35.9 Å². The first-order valence-corrected chi connectivity index (χ1v) is 5.41. The Kier molecular flexibility index (Phi) is 1.58. The molecule has 3 nitrogen and oxygen atoms in total. The largest absolute Gasteiger partial charge is 0.382 e. The summed E-state index contributed by atoms with van der Waals surface area (Å²) < 4.78 is 0. The topological polar surface area (TPSA) is 51.8 Å². The Hall–Kier alpha value is -1.42. The molecule has 4 heteroatoms. The van der Waals surface area contributed by atoms with Crippen LogP contribution in [0.2, 0.25) is 0 Å². The molecule has 0 atom stereocenters. The summed E-state index contributed by atoms with van der Waals surface area (Å²) in [5.41, 5.74) is 9.09. The van der Waals surface area contributed by atoms with Crippen molar-refractivity contribution in [3.8, 4) is 11.3 Å². The van der Waals surface area contributed by atoms with Crippen molar-refractivity contribution in [3.63, 3.8) is 0 Å². The molecule has 0 radical (unpaired) electrons. The van der Waals surface area contributed by atoms with Gasteiger partial charge in [0.1, 0.15) is 5.82 Å². The molecule has 0 saturated heterocycles. The third kappa shape index (κ3) is 1.04. The van der Waals surface area contributed by atoms with Crippen LogP contribution in [0.5, 0.6) is 0 Å². The number of nitrogen functional groups attached to an aromatic ring is 1. The monoisotopic (exact) mass is 203 g/mol. The van der Waals surface area contributed by atoms with E-state index in [1.165, 1.54) is 16.0 Å². The summed E-state index contributed by atoms with van der Waals surface area (Å²) in [7, 11) is 0. The van der Waals surface area contributed by atoms with Crippen molar-refractivity contribution in [1.82, 2.24) is 10.2 Å². The van der Waals surface area contributed by atoms with Gasteiger partial charge in [-0.1, -0.05) is 0 Å². The van der Waals surface area contributed by atoms with Crippen molar-refractivity contribution < 1.29 is 0 Å². The average Bonchev–Trinajstić information content (AvgIpc) is 2.65. The van der Waals surface area contributed by atoms with E-state index in [1.807, 2.05) is 6.07 Å². The van der Waals surface area contributed by atoms with Crippen LogP contribution in [0.1, 0.15) is 10.4 Å². The highest BCUT2D eigenvalue weighted by Crippen LogP contribution is 2.34. The number of anilines is 1. The highest BCUT2D eigenvalue weighted by atomic mass is 32.1. The number of hydrogen-bond donors (Lipinski definition) is 1. The summed E-state index contributed by atoms with van der Waals surface area (Å²) in [6.07, 6.45) is 2.13. The van der Waals surface area contributed by atoms with Crippen molar-refractivity contribution in [2.45, 2.75) is 12.8 Å². The number of hydrogen-bond acceptors (Lipinski definition) is 4. The lowest BCUT2D eigenvalue weighted by atomic mass is 9.96. The molecule has 0 bridgehead atoms. The molecule has 70 valence electrons. The molecule has 1 aliphatic rings. The normalized spacial score (nSPS) is 13.4. The molecule has 0 aromatic carbocycles. The second kappa shape index (κ2) is 2.78. The molecule has 14 heavy (non-hydrogen) atoms. The molecular weight excluding hydrogens is 194 g/mol. The molecule has 0 unspecified atom stereocenters. The number of nitrogens with two attached hydrogens (primary N) is 1. The van der Waals surface area contributed by atoms with Crippen LogP contribution in [-0.2, 0) is 12.8 Å². The van der Waals surface area contributed by atoms with E-state index in [0.717, 1.165) is 18.5 Å². The fraction of sp³-hybridized carbons (Fsp3) is 0.200. The van der Waals surface area contributed by atoms with Crippen LogP contribution >= 0.6 is 11.3 Å². The fourth-order valence-electron chi connectivity index (χ4n) is 1.86. The van der Waals surface area contributed by atoms with Gasteiger partial charge < -0.3 is 5.73 Å². The lowest BCUT2D eigenvalue weighted by Crippen LogP contribution is -2.06. The predicted octanol–water partition coefficient (Wildman–Crippen LogP) is 1.89. The molecule has 0 saturated carbocycles. The maximum absolute atomic E-state index is 5.61. The van der Waals surface area contributed by atoms with Crippen molar-refractivity contribution in [2.75, 3.05) is 5.73 Å². The van der Waals surface area contributed by atoms with Gasteiger partial charge in [-0.3, -0.25) is 0 Å². The summed E-state index contributed by atoms with van der Waals surface area (Å²) in [6.45, 7) is 0. The van der Waals surface area contributed by atoms with Gasteiger partial charge in [0.05, 0.1) is 5.69 Å². The Bertz CT molecular complexity index is 490. The van der Waals surface area contributed by atoms with Gasteiger partial charge in [-0.15, -0.1) is 21.5 Å². The summed E-state index contributed by atoms with van der Waals surface area (Å²) in [5.74, 6) is 0.516. The first-order valence-electron chi connectivity index (χ1n) is 4.53. The number of thiophene rings is 1. The van der Waals surface area contributed by atoms with Crippen LogP contribution in [0.15, 0.2) is 17.5 Å². The van der Waals surface area contributed by atoms with Crippen LogP contribution in [-0.4, -0.2) is 10.2 Å². The Balaban J connectivity index is 2.26. The SMILES string of the molecule is Nc1cc2c(nn1)-c1ccsc1CC2. The lowest BCUT2D eigenvalue weighted by Gasteiger charge is -2.14. The molecule has 1 aliphatic carbocycles. The third-order valence-corrected chi connectivity index (χ3v) is 3.49. The van der Waals surface area contributed by atoms with Gasteiger partial charge in [-0.25, -0.2) is 0 Å². The number of aromatic nitrogens is 2. The maximum Gasteiger partial charge on any atom is 0.146 e. The van der Waals surface area contributed by atoms with Crippen molar-refractivity contribution in [1.29, 1.82) is 0 Å². The minimum Gasteiger partial charge on any atom is -0.382 e.